The van der Waals surface area contributed by atoms with E-state index in [0.29, 0.717) is 5.56 Å². The number of carboxylic acids is 1. The van der Waals surface area contributed by atoms with Crippen molar-refractivity contribution in [2.45, 2.75) is 32.6 Å². The second-order valence-electron chi connectivity index (χ2n) is 5.04. The number of anilines is 1. The lowest BCUT2D eigenvalue weighted by Crippen LogP contribution is -2.24. The van der Waals surface area contributed by atoms with Crippen molar-refractivity contribution < 1.29 is 9.90 Å². The molecule has 3 heteroatoms. The predicted molar refractivity (Wildman–Crippen MR) is 73.2 cm³/mol. The zero-order chi connectivity index (χ0) is 13.0. The standard InChI is InChI=1S/C15H21NO2/c1-2-12-4-3-10-16(11-9-12)14-7-5-13(6-8-14)15(17)18/h5-8,12H,2-4,9-11H2,1H3,(H,17,18). The van der Waals surface area contributed by atoms with Crippen LogP contribution in [0.3, 0.4) is 0 Å². The molecule has 1 aliphatic rings. The topological polar surface area (TPSA) is 40.5 Å². The van der Waals surface area contributed by atoms with Crippen LogP contribution in [0.1, 0.15) is 43.0 Å². The van der Waals surface area contributed by atoms with Crippen LogP contribution in [-0.2, 0) is 0 Å². The monoisotopic (exact) mass is 247 g/mol. The third-order valence-electron chi connectivity index (χ3n) is 3.90. The van der Waals surface area contributed by atoms with Gasteiger partial charge >= 0.3 is 5.97 Å². The molecule has 1 N–H and O–H groups in total. The van der Waals surface area contributed by atoms with Gasteiger partial charge in [0.2, 0.25) is 0 Å². The van der Waals surface area contributed by atoms with E-state index in [0.717, 1.165) is 24.7 Å². The van der Waals surface area contributed by atoms with Crippen molar-refractivity contribution in [3.8, 4) is 0 Å². The highest BCUT2D eigenvalue weighted by Gasteiger charge is 2.16. The number of rotatable bonds is 3. The molecule has 0 saturated carbocycles. The molecule has 2 rings (SSSR count). The van der Waals surface area contributed by atoms with E-state index in [4.69, 9.17) is 5.11 Å². The van der Waals surface area contributed by atoms with Gasteiger partial charge in [-0.25, -0.2) is 4.79 Å². The molecular weight excluding hydrogens is 226 g/mol. The maximum Gasteiger partial charge on any atom is 0.335 e. The Hall–Kier alpha value is -1.51. The lowest BCUT2D eigenvalue weighted by atomic mass is 9.98. The summed E-state index contributed by atoms with van der Waals surface area (Å²) in [4.78, 5) is 13.2. The third-order valence-corrected chi connectivity index (χ3v) is 3.90. The molecule has 1 atom stereocenters. The normalized spacial score (nSPS) is 20.5. The summed E-state index contributed by atoms with van der Waals surface area (Å²) in [6.07, 6.45) is 5.07. The van der Waals surface area contributed by atoms with Crippen LogP contribution in [0, 0.1) is 5.92 Å². The van der Waals surface area contributed by atoms with Gasteiger partial charge < -0.3 is 10.0 Å². The number of hydrogen-bond donors (Lipinski definition) is 1. The third kappa shape index (κ3) is 3.03. The predicted octanol–water partition coefficient (Wildman–Crippen LogP) is 3.40. The lowest BCUT2D eigenvalue weighted by molar-refractivity contribution is 0.0697. The Balaban J connectivity index is 2.04. The molecule has 1 unspecified atom stereocenters. The number of carbonyl (C=O) groups is 1. The summed E-state index contributed by atoms with van der Waals surface area (Å²) < 4.78 is 0. The Morgan fingerprint density at radius 3 is 2.61 bits per heavy atom. The molecule has 0 aliphatic carbocycles. The fraction of sp³-hybridized carbons (Fsp3) is 0.533. The first-order chi connectivity index (χ1) is 8.70. The highest BCUT2D eigenvalue weighted by atomic mass is 16.4. The smallest absolute Gasteiger partial charge is 0.335 e. The molecule has 1 saturated heterocycles. The fourth-order valence-corrected chi connectivity index (χ4v) is 2.65. The van der Waals surface area contributed by atoms with Crippen LogP contribution in [-0.4, -0.2) is 24.2 Å². The summed E-state index contributed by atoms with van der Waals surface area (Å²) in [6, 6.07) is 7.24. The molecule has 1 aromatic rings. The second-order valence-corrected chi connectivity index (χ2v) is 5.04. The molecule has 1 fully saturated rings. The van der Waals surface area contributed by atoms with E-state index in [1.807, 2.05) is 12.1 Å². The van der Waals surface area contributed by atoms with Crippen LogP contribution >= 0.6 is 0 Å². The van der Waals surface area contributed by atoms with Crippen LogP contribution < -0.4 is 4.90 Å². The first-order valence-electron chi connectivity index (χ1n) is 6.79. The zero-order valence-electron chi connectivity index (χ0n) is 10.9. The van der Waals surface area contributed by atoms with Crippen molar-refractivity contribution in [2.24, 2.45) is 5.92 Å². The van der Waals surface area contributed by atoms with Gasteiger partial charge in [0.25, 0.3) is 0 Å². The molecule has 1 aliphatic heterocycles. The minimum Gasteiger partial charge on any atom is -0.478 e. The van der Waals surface area contributed by atoms with Crippen molar-refractivity contribution >= 4 is 11.7 Å². The van der Waals surface area contributed by atoms with E-state index < -0.39 is 5.97 Å². The van der Waals surface area contributed by atoms with Crippen LogP contribution in [0.15, 0.2) is 24.3 Å². The number of nitrogens with zero attached hydrogens (tertiary/aromatic N) is 1. The molecule has 1 heterocycles. The average Bonchev–Trinajstić information content (AvgIpc) is 2.64. The van der Waals surface area contributed by atoms with Gasteiger partial charge in [-0.05, 0) is 49.4 Å². The highest BCUT2D eigenvalue weighted by Crippen LogP contribution is 2.24. The molecule has 18 heavy (non-hydrogen) atoms. The number of aromatic carboxylic acids is 1. The Kier molecular flexibility index (Phi) is 4.24. The molecule has 0 amide bonds. The van der Waals surface area contributed by atoms with Crippen LogP contribution in [0.4, 0.5) is 5.69 Å². The van der Waals surface area contributed by atoms with Crippen LogP contribution in [0.25, 0.3) is 0 Å². The number of benzene rings is 1. The van der Waals surface area contributed by atoms with Crippen molar-refractivity contribution in [3.05, 3.63) is 29.8 Å². The van der Waals surface area contributed by atoms with Gasteiger partial charge in [0.1, 0.15) is 0 Å². The Bertz CT molecular complexity index is 399. The molecule has 0 aromatic heterocycles. The zero-order valence-corrected chi connectivity index (χ0v) is 10.9. The molecular formula is C15H21NO2. The average molecular weight is 247 g/mol. The maximum absolute atomic E-state index is 10.8. The van der Waals surface area contributed by atoms with E-state index >= 15 is 0 Å². The van der Waals surface area contributed by atoms with E-state index in [1.54, 1.807) is 12.1 Å². The Labute approximate surface area is 108 Å². The molecule has 3 nitrogen and oxygen atoms in total. The summed E-state index contributed by atoms with van der Waals surface area (Å²) in [5.41, 5.74) is 1.51. The quantitative estimate of drug-likeness (QED) is 0.890. The summed E-state index contributed by atoms with van der Waals surface area (Å²) >= 11 is 0. The van der Waals surface area contributed by atoms with Gasteiger partial charge in [0.15, 0.2) is 0 Å². The van der Waals surface area contributed by atoms with E-state index in [-0.39, 0.29) is 0 Å². The minimum atomic E-state index is -0.858. The van der Waals surface area contributed by atoms with E-state index in [2.05, 4.69) is 11.8 Å². The van der Waals surface area contributed by atoms with Crippen LogP contribution in [0.5, 0.6) is 0 Å². The van der Waals surface area contributed by atoms with Gasteiger partial charge in [-0.3, -0.25) is 0 Å². The van der Waals surface area contributed by atoms with E-state index in [1.165, 1.54) is 25.7 Å². The second kappa shape index (κ2) is 5.89. The molecule has 98 valence electrons. The van der Waals surface area contributed by atoms with Gasteiger partial charge in [0.05, 0.1) is 5.56 Å². The van der Waals surface area contributed by atoms with Crippen molar-refractivity contribution in [2.75, 3.05) is 18.0 Å². The van der Waals surface area contributed by atoms with E-state index in [9.17, 15) is 4.79 Å². The molecule has 1 aromatic carbocycles. The highest BCUT2D eigenvalue weighted by molar-refractivity contribution is 5.88. The van der Waals surface area contributed by atoms with Crippen LogP contribution in [0.2, 0.25) is 0 Å². The van der Waals surface area contributed by atoms with Gasteiger partial charge in [0, 0.05) is 18.8 Å². The summed E-state index contributed by atoms with van der Waals surface area (Å²) in [5.74, 6) is -0.00300. The summed E-state index contributed by atoms with van der Waals surface area (Å²) in [5, 5.41) is 8.88. The minimum absolute atomic E-state index is 0.361. The Morgan fingerprint density at radius 2 is 2.00 bits per heavy atom. The fourth-order valence-electron chi connectivity index (χ4n) is 2.65. The summed E-state index contributed by atoms with van der Waals surface area (Å²) in [6.45, 7) is 4.44. The maximum atomic E-state index is 10.8. The van der Waals surface area contributed by atoms with Crippen molar-refractivity contribution in [1.82, 2.24) is 0 Å². The lowest BCUT2D eigenvalue weighted by Gasteiger charge is -2.23. The molecule has 0 bridgehead atoms. The largest absolute Gasteiger partial charge is 0.478 e. The van der Waals surface area contributed by atoms with Crippen molar-refractivity contribution in [1.29, 1.82) is 0 Å². The van der Waals surface area contributed by atoms with Gasteiger partial charge in [-0.1, -0.05) is 13.3 Å². The number of hydrogen-bond acceptors (Lipinski definition) is 2. The SMILES string of the molecule is CCC1CCCN(c2ccc(C(=O)O)cc2)CC1. The van der Waals surface area contributed by atoms with Gasteiger partial charge in [-0.15, -0.1) is 0 Å². The molecule has 0 radical (unpaired) electrons. The number of carboxylic acid groups (broad SMARTS) is 1. The Morgan fingerprint density at radius 1 is 1.28 bits per heavy atom. The van der Waals surface area contributed by atoms with Gasteiger partial charge in [-0.2, -0.15) is 0 Å². The first-order valence-corrected chi connectivity index (χ1v) is 6.79. The summed E-state index contributed by atoms with van der Waals surface area (Å²) in [7, 11) is 0. The van der Waals surface area contributed by atoms with Crippen molar-refractivity contribution in [3.63, 3.8) is 0 Å². The first kappa shape index (κ1) is 12.9. The molecule has 0 spiro atoms.